The summed E-state index contributed by atoms with van der Waals surface area (Å²) in [7, 11) is 1.57. The van der Waals surface area contributed by atoms with Gasteiger partial charge in [0.05, 0.1) is 13.5 Å². The van der Waals surface area contributed by atoms with Gasteiger partial charge in [0.2, 0.25) is 0 Å². The van der Waals surface area contributed by atoms with Crippen LogP contribution in [-0.4, -0.2) is 18.2 Å². The van der Waals surface area contributed by atoms with E-state index in [0.29, 0.717) is 16.9 Å². The zero-order chi connectivity index (χ0) is 27.7. The second-order valence-electron chi connectivity index (χ2n) is 11.7. The van der Waals surface area contributed by atoms with Crippen molar-refractivity contribution in [1.29, 1.82) is 0 Å². The van der Waals surface area contributed by atoms with Crippen molar-refractivity contribution < 1.29 is 28.2 Å². The first-order chi connectivity index (χ1) is 18.7. The molecule has 2 fully saturated rings. The van der Waals surface area contributed by atoms with Crippen LogP contribution in [0.4, 0.5) is 8.78 Å². The maximum Gasteiger partial charge on any atom is 0.303 e. The molecule has 1 N–H and O–H groups in total. The fourth-order valence-electron chi connectivity index (χ4n) is 6.28. The number of hydrogen-bond acceptors (Lipinski definition) is 3. The molecule has 3 aromatic carbocycles. The van der Waals surface area contributed by atoms with Crippen molar-refractivity contribution in [1.82, 2.24) is 0 Å². The molecule has 0 aliphatic heterocycles. The average molecular weight is 535 g/mol. The minimum Gasteiger partial charge on any atom is -0.497 e. The van der Waals surface area contributed by atoms with E-state index < -0.39 is 11.8 Å². The van der Waals surface area contributed by atoms with Crippen LogP contribution in [0.1, 0.15) is 80.9 Å². The van der Waals surface area contributed by atoms with Gasteiger partial charge in [-0.1, -0.05) is 50.6 Å². The summed E-state index contributed by atoms with van der Waals surface area (Å²) in [5.41, 5.74) is 3.75. The minimum absolute atomic E-state index is 0.0615. The molecule has 0 aromatic heterocycles. The molecule has 5 rings (SSSR count). The van der Waals surface area contributed by atoms with Crippen LogP contribution in [-0.2, 0) is 11.4 Å². The number of methoxy groups -OCH3 is 1. The van der Waals surface area contributed by atoms with Crippen LogP contribution in [0.3, 0.4) is 0 Å². The van der Waals surface area contributed by atoms with Crippen molar-refractivity contribution in [2.24, 2.45) is 11.3 Å². The van der Waals surface area contributed by atoms with Crippen LogP contribution >= 0.6 is 0 Å². The standard InChI is InChI=1S/C33H36F2O4/c1-33(2)15-5-7-28(33)26-16-20(9-13-23(26)27-17-22(38-3)12-14-29(27)34)19-39-30-8-4-6-24(32(30)35)25(18-31(36)37)21-10-11-21/h4,6,8-9,12-14,16-17,21,25,28H,5,7,10-11,15,18-19H2,1-3H3,(H,36,37)/t25-,28-/m1/s1. The van der Waals surface area contributed by atoms with Gasteiger partial charge in [-0.05, 0) is 89.5 Å². The Kier molecular flexibility index (Phi) is 7.66. The molecule has 2 saturated carbocycles. The second-order valence-corrected chi connectivity index (χ2v) is 11.7. The van der Waals surface area contributed by atoms with Crippen LogP contribution in [0, 0.1) is 23.0 Å². The fourth-order valence-corrected chi connectivity index (χ4v) is 6.28. The van der Waals surface area contributed by atoms with Crippen molar-refractivity contribution >= 4 is 5.97 Å². The summed E-state index contributed by atoms with van der Waals surface area (Å²) >= 11 is 0. The zero-order valence-corrected chi connectivity index (χ0v) is 22.8. The summed E-state index contributed by atoms with van der Waals surface area (Å²) in [6, 6.07) is 15.7. The summed E-state index contributed by atoms with van der Waals surface area (Å²) in [6.07, 6.45) is 4.96. The Balaban J connectivity index is 1.46. The summed E-state index contributed by atoms with van der Waals surface area (Å²) in [5.74, 6) is -0.898. The Bertz CT molecular complexity index is 1360. The number of ether oxygens (including phenoxy) is 2. The van der Waals surface area contributed by atoms with Crippen molar-refractivity contribution in [2.45, 2.75) is 70.8 Å². The largest absolute Gasteiger partial charge is 0.497 e. The molecule has 0 bridgehead atoms. The number of carboxylic acid groups (broad SMARTS) is 1. The molecule has 3 aromatic rings. The first-order valence-electron chi connectivity index (χ1n) is 13.8. The third-order valence-corrected chi connectivity index (χ3v) is 8.58. The highest BCUT2D eigenvalue weighted by atomic mass is 19.1. The molecule has 2 aliphatic rings. The second kappa shape index (κ2) is 11.0. The molecule has 4 nitrogen and oxygen atoms in total. The van der Waals surface area contributed by atoms with Crippen LogP contribution < -0.4 is 9.47 Å². The van der Waals surface area contributed by atoms with Gasteiger partial charge < -0.3 is 14.6 Å². The molecule has 0 unspecified atom stereocenters. The monoisotopic (exact) mass is 534 g/mol. The van der Waals surface area contributed by atoms with Gasteiger partial charge in [-0.2, -0.15) is 0 Å². The number of carboxylic acids is 1. The van der Waals surface area contributed by atoms with Gasteiger partial charge in [-0.25, -0.2) is 8.78 Å². The van der Waals surface area contributed by atoms with E-state index >= 15 is 8.78 Å². The number of halogens is 2. The lowest BCUT2D eigenvalue weighted by Gasteiger charge is -2.30. The predicted octanol–water partition coefficient (Wildman–Crippen LogP) is 8.48. The molecule has 0 amide bonds. The average Bonchev–Trinajstić information content (AvgIpc) is 3.69. The maximum atomic E-state index is 15.5. The van der Waals surface area contributed by atoms with E-state index in [1.54, 1.807) is 37.4 Å². The highest BCUT2D eigenvalue weighted by molar-refractivity contribution is 5.71. The normalized spacial score (nSPS) is 19.1. The molecule has 206 valence electrons. The van der Waals surface area contributed by atoms with Crippen LogP contribution in [0.5, 0.6) is 11.5 Å². The summed E-state index contributed by atoms with van der Waals surface area (Å²) in [6.45, 7) is 4.66. The van der Waals surface area contributed by atoms with E-state index in [1.807, 2.05) is 12.1 Å². The van der Waals surface area contributed by atoms with Gasteiger partial charge in [0.1, 0.15) is 18.2 Å². The van der Waals surface area contributed by atoms with Crippen molar-refractivity contribution in [3.63, 3.8) is 0 Å². The number of carbonyl (C=O) groups is 1. The number of aliphatic carboxylic acids is 1. The number of hydrogen-bond donors (Lipinski definition) is 1. The molecule has 0 heterocycles. The number of rotatable bonds is 10. The Labute approximate surface area is 229 Å². The van der Waals surface area contributed by atoms with E-state index in [-0.39, 0.29) is 47.8 Å². The molecular weight excluding hydrogens is 498 g/mol. The molecule has 0 saturated heterocycles. The van der Waals surface area contributed by atoms with E-state index in [0.717, 1.165) is 48.8 Å². The lowest BCUT2D eigenvalue weighted by Crippen LogP contribution is -2.17. The summed E-state index contributed by atoms with van der Waals surface area (Å²) in [4.78, 5) is 11.4. The minimum atomic E-state index is -0.924. The van der Waals surface area contributed by atoms with E-state index in [1.165, 1.54) is 6.07 Å². The topological polar surface area (TPSA) is 55.8 Å². The molecule has 39 heavy (non-hydrogen) atoms. The van der Waals surface area contributed by atoms with Gasteiger partial charge >= 0.3 is 5.97 Å². The number of benzene rings is 3. The highest BCUT2D eigenvalue weighted by Gasteiger charge is 2.38. The van der Waals surface area contributed by atoms with Crippen molar-refractivity contribution in [3.05, 3.63) is 82.9 Å². The van der Waals surface area contributed by atoms with Crippen LogP contribution in [0.2, 0.25) is 0 Å². The van der Waals surface area contributed by atoms with Gasteiger partial charge in [0.15, 0.2) is 11.6 Å². The molecule has 0 spiro atoms. The van der Waals surface area contributed by atoms with Crippen molar-refractivity contribution in [2.75, 3.05) is 7.11 Å². The fraction of sp³-hybridized carbons (Fsp3) is 0.424. The molecule has 2 atom stereocenters. The predicted molar refractivity (Wildman–Crippen MR) is 147 cm³/mol. The molecule has 6 heteroatoms. The first-order valence-corrected chi connectivity index (χ1v) is 13.8. The molecule has 0 radical (unpaired) electrons. The van der Waals surface area contributed by atoms with Gasteiger partial charge in [-0.3, -0.25) is 4.79 Å². The van der Waals surface area contributed by atoms with Gasteiger partial charge in [-0.15, -0.1) is 0 Å². The van der Waals surface area contributed by atoms with Crippen molar-refractivity contribution in [3.8, 4) is 22.6 Å². The lowest BCUT2D eigenvalue weighted by molar-refractivity contribution is -0.137. The summed E-state index contributed by atoms with van der Waals surface area (Å²) in [5, 5.41) is 9.35. The van der Waals surface area contributed by atoms with Gasteiger partial charge in [0, 0.05) is 11.5 Å². The third kappa shape index (κ3) is 5.80. The van der Waals surface area contributed by atoms with Crippen LogP contribution in [0.15, 0.2) is 54.6 Å². The Morgan fingerprint density at radius 3 is 2.51 bits per heavy atom. The highest BCUT2D eigenvalue weighted by Crippen LogP contribution is 2.51. The van der Waals surface area contributed by atoms with E-state index in [2.05, 4.69) is 19.9 Å². The van der Waals surface area contributed by atoms with E-state index in [4.69, 9.17) is 9.47 Å². The van der Waals surface area contributed by atoms with Gasteiger partial charge in [0.25, 0.3) is 0 Å². The Morgan fingerprint density at radius 2 is 1.85 bits per heavy atom. The molecule has 2 aliphatic carbocycles. The Morgan fingerprint density at radius 1 is 1.05 bits per heavy atom. The third-order valence-electron chi connectivity index (χ3n) is 8.58. The maximum absolute atomic E-state index is 15.5. The zero-order valence-electron chi connectivity index (χ0n) is 22.8. The lowest BCUT2D eigenvalue weighted by atomic mass is 9.75. The SMILES string of the molecule is COc1ccc(F)c(-c2ccc(COc3cccc([C@H](CC(=O)O)C4CC4)c3F)cc2[C@H]2CCCC2(C)C)c1. The quantitative estimate of drug-likeness (QED) is 0.283. The van der Waals surface area contributed by atoms with E-state index in [9.17, 15) is 9.90 Å². The Hall–Kier alpha value is -3.41. The smallest absolute Gasteiger partial charge is 0.303 e. The van der Waals surface area contributed by atoms with Crippen LogP contribution in [0.25, 0.3) is 11.1 Å². The first kappa shape index (κ1) is 27.2. The molecular formula is C33H36F2O4. The summed E-state index contributed by atoms with van der Waals surface area (Å²) < 4.78 is 41.9.